The van der Waals surface area contributed by atoms with Crippen molar-refractivity contribution in [1.29, 1.82) is 0 Å². The maximum atomic E-state index is 11.2. The maximum absolute atomic E-state index is 11.2. The number of carbonyl (C=O) groups excluding carboxylic acids is 1. The summed E-state index contributed by atoms with van der Waals surface area (Å²) < 4.78 is 0. The first kappa shape index (κ1) is 12.3. The van der Waals surface area contributed by atoms with Crippen LogP contribution in [-0.4, -0.2) is 39.6 Å². The van der Waals surface area contributed by atoms with E-state index in [1.807, 2.05) is 0 Å². The Kier molecular flexibility index (Phi) is 4.84. The summed E-state index contributed by atoms with van der Waals surface area (Å²) in [6.07, 6.45) is 2.62. The van der Waals surface area contributed by atoms with Gasteiger partial charge in [-0.15, -0.1) is 0 Å². The number of carbonyl (C=O) groups is 2. The average molecular weight is 230 g/mol. The molecule has 0 aromatic rings. The molecule has 1 atom stereocenters. The molecule has 5 heteroatoms. The number of allylic oxidation sites excluding steroid dienone is 1. The van der Waals surface area contributed by atoms with Crippen LogP contribution in [0.1, 0.15) is 19.3 Å². The van der Waals surface area contributed by atoms with Crippen molar-refractivity contribution in [3.8, 4) is 0 Å². The third-order valence-electron chi connectivity index (χ3n) is 2.11. The van der Waals surface area contributed by atoms with E-state index < -0.39 is 12.1 Å². The van der Waals surface area contributed by atoms with Crippen molar-refractivity contribution in [2.45, 2.75) is 25.4 Å². The highest BCUT2D eigenvalue weighted by Gasteiger charge is 2.21. The molecule has 0 saturated carbocycles. The minimum atomic E-state index is -0.813. The van der Waals surface area contributed by atoms with Crippen LogP contribution in [0.25, 0.3) is 0 Å². The second kappa shape index (κ2) is 5.92. The van der Waals surface area contributed by atoms with Crippen LogP contribution in [0.2, 0.25) is 0 Å². The van der Waals surface area contributed by atoms with Gasteiger partial charge >= 0.3 is 5.97 Å². The van der Waals surface area contributed by atoms with E-state index in [2.05, 4.69) is 0 Å². The van der Waals surface area contributed by atoms with Crippen LogP contribution < -0.4 is 0 Å². The van der Waals surface area contributed by atoms with Gasteiger partial charge in [0, 0.05) is 6.42 Å². The van der Waals surface area contributed by atoms with Crippen LogP contribution in [0.4, 0.5) is 0 Å². The Hall–Kier alpha value is -0.810. The Morgan fingerprint density at radius 3 is 2.87 bits per heavy atom. The van der Waals surface area contributed by atoms with E-state index in [0.717, 1.165) is 12.2 Å². The number of Topliss-reactive ketones (excluding diaryl/α,β-unsaturated/α-hetero) is 1. The fraction of sp³-hybridized carbons (Fsp3) is 0.600. The van der Waals surface area contributed by atoms with Crippen LogP contribution in [0.15, 0.2) is 11.6 Å². The molecule has 2 N–H and O–H groups in total. The Bertz CT molecular complexity index is 285. The summed E-state index contributed by atoms with van der Waals surface area (Å²) in [5.74, 6) is 0.0418. The Morgan fingerprint density at radius 2 is 2.33 bits per heavy atom. The van der Waals surface area contributed by atoms with Crippen molar-refractivity contribution in [3.05, 3.63) is 11.6 Å². The molecular weight excluding hydrogens is 216 g/mol. The highest BCUT2D eigenvalue weighted by atomic mass is 32.2. The predicted octanol–water partition coefficient (Wildman–Crippen LogP) is 0.845. The van der Waals surface area contributed by atoms with Crippen molar-refractivity contribution in [2.24, 2.45) is 0 Å². The zero-order valence-corrected chi connectivity index (χ0v) is 9.13. The molecule has 0 bridgehead atoms. The van der Waals surface area contributed by atoms with E-state index >= 15 is 0 Å². The number of ketones is 1. The van der Waals surface area contributed by atoms with Gasteiger partial charge in [0.05, 0.1) is 11.9 Å². The van der Waals surface area contributed by atoms with Gasteiger partial charge in [-0.3, -0.25) is 9.59 Å². The molecule has 0 saturated heterocycles. The van der Waals surface area contributed by atoms with Crippen molar-refractivity contribution in [1.82, 2.24) is 0 Å². The summed E-state index contributed by atoms with van der Waals surface area (Å²) >= 11 is 1.35. The molecule has 0 radical (unpaired) electrons. The zero-order chi connectivity index (χ0) is 11.3. The lowest BCUT2D eigenvalue weighted by atomic mass is 10.1. The highest BCUT2D eigenvalue weighted by molar-refractivity contribution is 7.99. The molecular formula is C10H14O4S. The summed E-state index contributed by atoms with van der Waals surface area (Å²) in [5.41, 5.74) is 0.693. The van der Waals surface area contributed by atoms with Gasteiger partial charge in [-0.2, -0.15) is 11.8 Å². The van der Waals surface area contributed by atoms with Gasteiger partial charge < -0.3 is 10.2 Å². The number of carboxylic acid groups (broad SMARTS) is 1. The molecule has 0 spiro atoms. The lowest BCUT2D eigenvalue weighted by molar-refractivity contribution is -0.133. The third kappa shape index (κ3) is 4.48. The molecule has 4 nitrogen and oxygen atoms in total. The Balaban J connectivity index is 2.13. The average Bonchev–Trinajstić information content (AvgIpc) is 2.44. The Morgan fingerprint density at radius 1 is 1.60 bits per heavy atom. The van der Waals surface area contributed by atoms with E-state index in [1.165, 1.54) is 11.8 Å². The van der Waals surface area contributed by atoms with Crippen LogP contribution in [0.3, 0.4) is 0 Å². The minimum Gasteiger partial charge on any atom is -0.481 e. The van der Waals surface area contributed by atoms with Crippen molar-refractivity contribution < 1.29 is 19.8 Å². The second-order valence-corrected chi connectivity index (χ2v) is 4.54. The molecule has 1 aliphatic carbocycles. The topological polar surface area (TPSA) is 74.6 Å². The summed E-state index contributed by atoms with van der Waals surface area (Å²) in [6, 6.07) is 0. The Labute approximate surface area is 92.4 Å². The number of carboxylic acids is 1. The monoisotopic (exact) mass is 230 g/mol. The molecule has 15 heavy (non-hydrogen) atoms. The van der Waals surface area contributed by atoms with Gasteiger partial charge in [-0.25, -0.2) is 0 Å². The quantitative estimate of drug-likeness (QED) is 0.661. The first-order valence-corrected chi connectivity index (χ1v) is 5.96. The van der Waals surface area contributed by atoms with Crippen LogP contribution in [0.5, 0.6) is 0 Å². The molecule has 0 aliphatic heterocycles. The molecule has 1 unspecified atom stereocenters. The molecule has 0 heterocycles. The van der Waals surface area contributed by atoms with Gasteiger partial charge in [-0.05, 0) is 30.2 Å². The number of rotatable bonds is 6. The minimum absolute atomic E-state index is 0.0192. The van der Waals surface area contributed by atoms with Crippen molar-refractivity contribution >= 4 is 23.5 Å². The molecule has 0 fully saturated rings. The fourth-order valence-corrected chi connectivity index (χ4v) is 2.12. The summed E-state index contributed by atoms with van der Waals surface area (Å²) in [6.45, 7) is 0. The van der Waals surface area contributed by atoms with Crippen LogP contribution in [0, 0.1) is 0 Å². The predicted molar refractivity (Wildman–Crippen MR) is 57.9 cm³/mol. The normalized spacial score (nSPS) is 20.5. The van der Waals surface area contributed by atoms with Gasteiger partial charge in [-0.1, -0.05) is 0 Å². The summed E-state index contributed by atoms with van der Waals surface area (Å²) in [4.78, 5) is 21.4. The van der Waals surface area contributed by atoms with Gasteiger partial charge in [0.15, 0.2) is 5.78 Å². The smallest absolute Gasteiger partial charge is 0.313 e. The molecule has 0 aromatic carbocycles. The number of hydrogen-bond donors (Lipinski definition) is 2. The number of aliphatic carboxylic acids is 1. The maximum Gasteiger partial charge on any atom is 0.313 e. The van der Waals surface area contributed by atoms with E-state index in [9.17, 15) is 9.59 Å². The highest BCUT2D eigenvalue weighted by Crippen LogP contribution is 2.20. The number of aliphatic hydroxyl groups is 1. The molecule has 1 rings (SSSR count). The van der Waals surface area contributed by atoms with Crippen molar-refractivity contribution in [2.75, 3.05) is 11.5 Å². The third-order valence-corrected chi connectivity index (χ3v) is 3.14. The molecule has 0 amide bonds. The first-order valence-electron chi connectivity index (χ1n) is 4.81. The van der Waals surface area contributed by atoms with Crippen LogP contribution in [-0.2, 0) is 9.59 Å². The fourth-order valence-electron chi connectivity index (χ4n) is 1.45. The lowest BCUT2D eigenvalue weighted by Crippen LogP contribution is -2.02. The standard InChI is InChI=1S/C10H14O4S/c11-8-4-7(9(12)5-8)2-1-3-15-6-10(13)14/h4,8,11H,1-3,5-6H2,(H,13,14). The van der Waals surface area contributed by atoms with E-state index in [0.29, 0.717) is 12.0 Å². The van der Waals surface area contributed by atoms with E-state index in [-0.39, 0.29) is 18.0 Å². The van der Waals surface area contributed by atoms with E-state index in [1.54, 1.807) is 6.08 Å². The molecule has 84 valence electrons. The van der Waals surface area contributed by atoms with E-state index in [4.69, 9.17) is 10.2 Å². The summed E-state index contributed by atoms with van der Waals surface area (Å²) in [5, 5.41) is 17.5. The lowest BCUT2D eigenvalue weighted by Gasteiger charge is -1.99. The number of thioether (sulfide) groups is 1. The SMILES string of the molecule is O=C(O)CSCCCC1=CC(O)CC1=O. The van der Waals surface area contributed by atoms with Gasteiger partial charge in [0.25, 0.3) is 0 Å². The largest absolute Gasteiger partial charge is 0.481 e. The molecule has 1 aliphatic rings. The summed E-state index contributed by atoms with van der Waals surface area (Å²) in [7, 11) is 0. The first-order chi connectivity index (χ1) is 7.09. The number of aliphatic hydroxyl groups excluding tert-OH is 1. The second-order valence-electron chi connectivity index (χ2n) is 3.44. The van der Waals surface area contributed by atoms with Crippen molar-refractivity contribution in [3.63, 3.8) is 0 Å². The van der Waals surface area contributed by atoms with Crippen LogP contribution >= 0.6 is 11.8 Å². The molecule has 0 aromatic heterocycles. The zero-order valence-electron chi connectivity index (χ0n) is 8.31. The van der Waals surface area contributed by atoms with Gasteiger partial charge in [0.2, 0.25) is 0 Å². The van der Waals surface area contributed by atoms with Gasteiger partial charge in [0.1, 0.15) is 0 Å². The number of hydrogen-bond acceptors (Lipinski definition) is 4.